The standard InChI is InChI=1S/C17H22N4OS/c1-21-8-7-18-10-15(21)17-19-16(22-20-17)11-23-14-6-5-12-3-2-4-13(12)9-14/h5-6,9,15,18H,2-4,7-8,10-11H2,1H3. The molecule has 1 aromatic heterocycles. The molecule has 23 heavy (non-hydrogen) atoms. The SMILES string of the molecule is CN1CCNCC1c1noc(CSc2ccc3c(c2)CCC3)n1. The average molecular weight is 330 g/mol. The third kappa shape index (κ3) is 3.29. The predicted molar refractivity (Wildman–Crippen MR) is 90.6 cm³/mol. The summed E-state index contributed by atoms with van der Waals surface area (Å²) in [6.07, 6.45) is 3.74. The summed E-state index contributed by atoms with van der Waals surface area (Å²) in [6, 6.07) is 7.02. The van der Waals surface area contributed by atoms with E-state index in [9.17, 15) is 0 Å². The molecule has 1 N–H and O–H groups in total. The number of rotatable bonds is 4. The molecule has 4 rings (SSSR count). The lowest BCUT2D eigenvalue weighted by Crippen LogP contribution is -2.44. The Bertz CT molecular complexity index is 687. The summed E-state index contributed by atoms with van der Waals surface area (Å²) in [6.45, 7) is 2.91. The van der Waals surface area contributed by atoms with E-state index in [2.05, 4.69) is 45.6 Å². The Labute approximate surface area is 140 Å². The van der Waals surface area contributed by atoms with Crippen molar-refractivity contribution in [2.24, 2.45) is 0 Å². The van der Waals surface area contributed by atoms with Crippen LogP contribution in [-0.4, -0.2) is 41.7 Å². The van der Waals surface area contributed by atoms with Gasteiger partial charge in [0.15, 0.2) is 5.82 Å². The lowest BCUT2D eigenvalue weighted by Gasteiger charge is -2.30. The van der Waals surface area contributed by atoms with Crippen molar-refractivity contribution in [3.8, 4) is 0 Å². The highest BCUT2D eigenvalue weighted by molar-refractivity contribution is 7.98. The minimum atomic E-state index is 0.214. The first-order valence-electron chi connectivity index (χ1n) is 8.27. The molecule has 0 radical (unpaired) electrons. The highest BCUT2D eigenvalue weighted by Gasteiger charge is 2.25. The van der Waals surface area contributed by atoms with E-state index in [1.807, 2.05) is 0 Å². The minimum Gasteiger partial charge on any atom is -0.338 e. The Morgan fingerprint density at radius 3 is 3.17 bits per heavy atom. The van der Waals surface area contributed by atoms with Crippen LogP contribution in [0.5, 0.6) is 0 Å². The second-order valence-electron chi connectivity index (χ2n) is 6.32. The maximum absolute atomic E-state index is 5.44. The normalized spacial score (nSPS) is 21.5. The van der Waals surface area contributed by atoms with E-state index in [-0.39, 0.29) is 6.04 Å². The van der Waals surface area contributed by atoms with Crippen molar-refractivity contribution >= 4 is 11.8 Å². The van der Waals surface area contributed by atoms with E-state index in [4.69, 9.17) is 4.52 Å². The maximum Gasteiger partial charge on any atom is 0.237 e. The van der Waals surface area contributed by atoms with Gasteiger partial charge in [-0.3, -0.25) is 4.90 Å². The third-order valence-electron chi connectivity index (χ3n) is 4.73. The zero-order valence-corrected chi connectivity index (χ0v) is 14.2. The molecule has 1 aliphatic carbocycles. The van der Waals surface area contributed by atoms with Crippen molar-refractivity contribution in [2.75, 3.05) is 26.7 Å². The number of aryl methyl sites for hydroxylation is 2. The van der Waals surface area contributed by atoms with Crippen LogP contribution >= 0.6 is 11.8 Å². The van der Waals surface area contributed by atoms with Crippen molar-refractivity contribution in [1.29, 1.82) is 0 Å². The van der Waals surface area contributed by atoms with Gasteiger partial charge in [-0.25, -0.2) is 0 Å². The van der Waals surface area contributed by atoms with Crippen molar-refractivity contribution in [1.82, 2.24) is 20.4 Å². The highest BCUT2D eigenvalue weighted by atomic mass is 32.2. The fourth-order valence-corrected chi connectivity index (χ4v) is 4.14. The summed E-state index contributed by atoms with van der Waals surface area (Å²) in [5.74, 6) is 2.24. The molecule has 0 amide bonds. The van der Waals surface area contributed by atoms with Gasteiger partial charge in [0.1, 0.15) is 0 Å². The van der Waals surface area contributed by atoms with Crippen LogP contribution in [0.2, 0.25) is 0 Å². The number of thioether (sulfide) groups is 1. The fraction of sp³-hybridized carbons (Fsp3) is 0.529. The number of hydrogen-bond acceptors (Lipinski definition) is 6. The van der Waals surface area contributed by atoms with Crippen molar-refractivity contribution in [3.05, 3.63) is 41.0 Å². The first kappa shape index (κ1) is 15.2. The third-order valence-corrected chi connectivity index (χ3v) is 5.70. The molecular weight excluding hydrogens is 308 g/mol. The van der Waals surface area contributed by atoms with Crippen LogP contribution in [0.25, 0.3) is 0 Å². The second-order valence-corrected chi connectivity index (χ2v) is 7.37. The van der Waals surface area contributed by atoms with Gasteiger partial charge in [0.25, 0.3) is 0 Å². The molecule has 0 saturated carbocycles. The molecule has 5 nitrogen and oxygen atoms in total. The summed E-state index contributed by atoms with van der Waals surface area (Å²) in [5, 5.41) is 7.57. The zero-order valence-electron chi connectivity index (χ0n) is 13.4. The first-order chi connectivity index (χ1) is 11.3. The maximum atomic E-state index is 5.44. The van der Waals surface area contributed by atoms with E-state index < -0.39 is 0 Å². The second kappa shape index (κ2) is 6.63. The van der Waals surface area contributed by atoms with Gasteiger partial charge in [0, 0.05) is 24.5 Å². The predicted octanol–water partition coefficient (Wildman–Crippen LogP) is 2.43. The molecule has 2 aliphatic rings. The van der Waals surface area contributed by atoms with Crippen molar-refractivity contribution in [3.63, 3.8) is 0 Å². The van der Waals surface area contributed by atoms with E-state index in [0.29, 0.717) is 5.89 Å². The quantitative estimate of drug-likeness (QED) is 0.869. The molecule has 2 heterocycles. The lowest BCUT2D eigenvalue weighted by molar-refractivity contribution is 0.190. The molecule has 1 fully saturated rings. The fourth-order valence-electron chi connectivity index (χ4n) is 3.34. The summed E-state index contributed by atoms with van der Waals surface area (Å²) in [7, 11) is 2.11. The number of piperazine rings is 1. The number of benzene rings is 1. The monoisotopic (exact) mass is 330 g/mol. The van der Waals surface area contributed by atoms with Crippen molar-refractivity contribution in [2.45, 2.75) is 36.0 Å². The summed E-state index contributed by atoms with van der Waals surface area (Å²) in [4.78, 5) is 8.16. The Hall–Kier alpha value is -1.37. The first-order valence-corrected chi connectivity index (χ1v) is 9.26. The Morgan fingerprint density at radius 1 is 1.35 bits per heavy atom. The summed E-state index contributed by atoms with van der Waals surface area (Å²) >= 11 is 1.77. The van der Waals surface area contributed by atoms with Crippen LogP contribution < -0.4 is 5.32 Å². The van der Waals surface area contributed by atoms with E-state index in [0.717, 1.165) is 31.2 Å². The molecule has 1 atom stereocenters. The Morgan fingerprint density at radius 2 is 2.26 bits per heavy atom. The van der Waals surface area contributed by atoms with Crippen LogP contribution in [0.3, 0.4) is 0 Å². The Kier molecular flexibility index (Phi) is 4.37. The van der Waals surface area contributed by atoms with E-state index >= 15 is 0 Å². The number of nitrogens with zero attached hydrogens (tertiary/aromatic N) is 3. The molecule has 0 spiro atoms. The number of nitrogens with one attached hydrogen (secondary N) is 1. The molecular formula is C17H22N4OS. The van der Waals surface area contributed by atoms with Crippen LogP contribution in [0, 0.1) is 0 Å². The average Bonchev–Trinajstić information content (AvgIpc) is 3.22. The van der Waals surface area contributed by atoms with Crippen LogP contribution in [0.15, 0.2) is 27.6 Å². The topological polar surface area (TPSA) is 54.2 Å². The summed E-state index contributed by atoms with van der Waals surface area (Å²) in [5.41, 5.74) is 3.03. The van der Waals surface area contributed by atoms with Gasteiger partial charge in [-0.2, -0.15) is 4.98 Å². The number of likely N-dealkylation sites (N-methyl/N-ethyl adjacent to an activating group) is 1. The number of hydrogen-bond donors (Lipinski definition) is 1. The molecule has 122 valence electrons. The van der Waals surface area contributed by atoms with E-state index in [1.54, 1.807) is 11.8 Å². The molecule has 0 bridgehead atoms. The van der Waals surface area contributed by atoms with Gasteiger partial charge in [-0.05, 0) is 49.6 Å². The van der Waals surface area contributed by atoms with Gasteiger partial charge in [0.2, 0.25) is 5.89 Å². The van der Waals surface area contributed by atoms with Gasteiger partial charge >= 0.3 is 0 Å². The molecule has 6 heteroatoms. The highest BCUT2D eigenvalue weighted by Crippen LogP contribution is 2.29. The lowest BCUT2D eigenvalue weighted by atomic mass is 10.1. The molecule has 1 unspecified atom stereocenters. The van der Waals surface area contributed by atoms with Gasteiger partial charge in [-0.1, -0.05) is 11.2 Å². The van der Waals surface area contributed by atoms with Crippen LogP contribution in [0.1, 0.15) is 35.3 Å². The number of aromatic nitrogens is 2. The zero-order chi connectivity index (χ0) is 15.6. The minimum absolute atomic E-state index is 0.214. The number of fused-ring (bicyclic) bond motifs is 1. The van der Waals surface area contributed by atoms with E-state index in [1.165, 1.54) is 35.3 Å². The molecule has 1 aromatic carbocycles. The van der Waals surface area contributed by atoms with Gasteiger partial charge in [0.05, 0.1) is 11.8 Å². The molecule has 1 saturated heterocycles. The largest absolute Gasteiger partial charge is 0.338 e. The van der Waals surface area contributed by atoms with Crippen LogP contribution in [-0.2, 0) is 18.6 Å². The summed E-state index contributed by atoms with van der Waals surface area (Å²) < 4.78 is 5.44. The molecule has 2 aromatic rings. The Balaban J connectivity index is 1.40. The van der Waals surface area contributed by atoms with Gasteiger partial charge in [-0.15, -0.1) is 11.8 Å². The smallest absolute Gasteiger partial charge is 0.237 e. The van der Waals surface area contributed by atoms with Gasteiger partial charge < -0.3 is 9.84 Å². The van der Waals surface area contributed by atoms with Crippen molar-refractivity contribution < 1.29 is 4.52 Å². The molecule has 1 aliphatic heterocycles. The van der Waals surface area contributed by atoms with Crippen LogP contribution in [0.4, 0.5) is 0 Å².